The molecule has 1 heterocycles. The molecular formula is C17H18Cl2N2O3. The Hall–Kier alpha value is -1.82. The first-order valence-electron chi connectivity index (χ1n) is 7.51. The lowest BCUT2D eigenvalue weighted by Gasteiger charge is -2.09. The van der Waals surface area contributed by atoms with Crippen LogP contribution >= 0.6 is 23.2 Å². The van der Waals surface area contributed by atoms with E-state index in [0.717, 1.165) is 5.56 Å². The molecule has 0 spiro atoms. The van der Waals surface area contributed by atoms with Crippen LogP contribution in [0.1, 0.15) is 22.8 Å². The minimum absolute atomic E-state index is 0.244. The van der Waals surface area contributed by atoms with Crippen LogP contribution in [0.15, 0.2) is 41.3 Å². The first-order valence-corrected chi connectivity index (χ1v) is 8.27. The minimum Gasteiger partial charge on any atom is -0.380 e. The molecule has 7 heteroatoms. The third-order valence-electron chi connectivity index (χ3n) is 3.39. The van der Waals surface area contributed by atoms with Gasteiger partial charge >= 0.3 is 0 Å². The van der Waals surface area contributed by atoms with Crippen LogP contribution in [0.3, 0.4) is 0 Å². The topological polar surface area (TPSA) is 60.3 Å². The average molecular weight is 369 g/mol. The van der Waals surface area contributed by atoms with Crippen molar-refractivity contribution in [2.75, 3.05) is 13.2 Å². The predicted molar refractivity (Wildman–Crippen MR) is 94.8 cm³/mol. The van der Waals surface area contributed by atoms with E-state index in [4.69, 9.17) is 27.9 Å². The number of aromatic nitrogens is 1. The summed E-state index contributed by atoms with van der Waals surface area (Å²) in [6.45, 7) is 3.65. The van der Waals surface area contributed by atoms with E-state index in [-0.39, 0.29) is 18.0 Å². The summed E-state index contributed by atoms with van der Waals surface area (Å²) in [6.07, 6.45) is 1.59. The second-order valence-corrected chi connectivity index (χ2v) is 5.91. The van der Waals surface area contributed by atoms with Gasteiger partial charge in [-0.2, -0.15) is 0 Å². The van der Waals surface area contributed by atoms with Gasteiger partial charge in [-0.25, -0.2) is 0 Å². The van der Waals surface area contributed by atoms with Gasteiger partial charge in [-0.05, 0) is 30.7 Å². The molecule has 0 fully saturated rings. The highest BCUT2D eigenvalue weighted by atomic mass is 35.5. The van der Waals surface area contributed by atoms with Crippen molar-refractivity contribution in [3.8, 4) is 0 Å². The molecule has 0 saturated heterocycles. The number of amides is 1. The summed E-state index contributed by atoms with van der Waals surface area (Å²) in [5.74, 6) is -0.338. The van der Waals surface area contributed by atoms with E-state index < -0.39 is 0 Å². The van der Waals surface area contributed by atoms with E-state index in [1.54, 1.807) is 30.5 Å². The largest absolute Gasteiger partial charge is 0.380 e. The van der Waals surface area contributed by atoms with E-state index in [2.05, 4.69) is 5.32 Å². The predicted octanol–water partition coefficient (Wildman–Crippen LogP) is 3.12. The second-order valence-electron chi connectivity index (χ2n) is 5.06. The molecule has 0 aliphatic rings. The smallest absolute Gasteiger partial charge is 0.251 e. The van der Waals surface area contributed by atoms with Crippen molar-refractivity contribution < 1.29 is 9.53 Å². The standard InChI is InChI=1S/C17H18Cl2N2O3/c1-2-24-8-7-21-6-5-12(9-16(21)22)17(23)20-11-13-3-4-14(18)10-15(13)19/h3-6,9-10H,2,7-8,11H2,1H3,(H,20,23). The molecule has 1 N–H and O–H groups in total. The van der Waals surface area contributed by atoms with Gasteiger partial charge in [-0.15, -0.1) is 0 Å². The fourth-order valence-corrected chi connectivity index (χ4v) is 2.56. The van der Waals surface area contributed by atoms with Crippen molar-refractivity contribution in [1.82, 2.24) is 9.88 Å². The number of carbonyl (C=O) groups is 1. The number of hydrogen-bond donors (Lipinski definition) is 1. The van der Waals surface area contributed by atoms with Crippen LogP contribution in [0.4, 0.5) is 0 Å². The molecular weight excluding hydrogens is 351 g/mol. The average Bonchev–Trinajstić information content (AvgIpc) is 2.55. The van der Waals surface area contributed by atoms with Crippen LogP contribution in [-0.2, 0) is 17.8 Å². The van der Waals surface area contributed by atoms with Crippen LogP contribution < -0.4 is 10.9 Å². The Labute approximate surface area is 150 Å². The lowest BCUT2D eigenvalue weighted by molar-refractivity contribution is 0.0950. The Morgan fingerprint density at radius 2 is 2.04 bits per heavy atom. The van der Waals surface area contributed by atoms with E-state index in [0.29, 0.717) is 35.4 Å². The molecule has 0 unspecified atom stereocenters. The van der Waals surface area contributed by atoms with E-state index >= 15 is 0 Å². The molecule has 2 rings (SSSR count). The Bertz CT molecular complexity index is 775. The molecule has 1 aromatic heterocycles. The van der Waals surface area contributed by atoms with Gasteiger partial charge in [0, 0.05) is 47.6 Å². The number of pyridine rings is 1. The highest BCUT2D eigenvalue weighted by molar-refractivity contribution is 6.35. The summed E-state index contributed by atoms with van der Waals surface area (Å²) in [7, 11) is 0. The van der Waals surface area contributed by atoms with Crippen molar-refractivity contribution in [2.24, 2.45) is 0 Å². The van der Waals surface area contributed by atoms with Gasteiger partial charge in [-0.3, -0.25) is 9.59 Å². The van der Waals surface area contributed by atoms with Crippen LogP contribution in [0.2, 0.25) is 10.0 Å². The maximum Gasteiger partial charge on any atom is 0.251 e. The fourth-order valence-electron chi connectivity index (χ4n) is 2.08. The Morgan fingerprint density at radius 3 is 2.71 bits per heavy atom. The highest BCUT2D eigenvalue weighted by Gasteiger charge is 2.09. The summed E-state index contributed by atoms with van der Waals surface area (Å²) in [5, 5.41) is 3.75. The lowest BCUT2D eigenvalue weighted by atomic mass is 10.2. The molecule has 0 aliphatic carbocycles. The van der Waals surface area contributed by atoms with Crippen LogP contribution in [0.5, 0.6) is 0 Å². The van der Waals surface area contributed by atoms with Gasteiger partial charge in [0.1, 0.15) is 0 Å². The van der Waals surface area contributed by atoms with Crippen LogP contribution in [-0.4, -0.2) is 23.7 Å². The zero-order valence-corrected chi connectivity index (χ0v) is 14.7. The third kappa shape index (κ3) is 5.09. The van der Waals surface area contributed by atoms with Gasteiger partial charge in [0.05, 0.1) is 6.61 Å². The fraction of sp³-hybridized carbons (Fsp3) is 0.294. The number of rotatable bonds is 7. The SMILES string of the molecule is CCOCCn1ccc(C(=O)NCc2ccc(Cl)cc2Cl)cc1=O. The third-order valence-corrected chi connectivity index (χ3v) is 3.98. The molecule has 1 aromatic carbocycles. The van der Waals surface area contributed by atoms with Gasteiger partial charge in [-0.1, -0.05) is 29.3 Å². The maximum atomic E-state index is 12.2. The number of halogens is 2. The van der Waals surface area contributed by atoms with Crippen molar-refractivity contribution in [3.05, 3.63) is 68.1 Å². The second kappa shape index (κ2) is 8.87. The van der Waals surface area contributed by atoms with Crippen molar-refractivity contribution in [3.63, 3.8) is 0 Å². The summed E-state index contributed by atoms with van der Waals surface area (Å²) < 4.78 is 6.72. The van der Waals surface area contributed by atoms with Crippen molar-refractivity contribution >= 4 is 29.1 Å². The van der Waals surface area contributed by atoms with Crippen molar-refractivity contribution in [1.29, 1.82) is 0 Å². The van der Waals surface area contributed by atoms with Crippen molar-refractivity contribution in [2.45, 2.75) is 20.0 Å². The lowest BCUT2D eigenvalue weighted by Crippen LogP contribution is -2.27. The monoisotopic (exact) mass is 368 g/mol. The number of benzene rings is 1. The summed E-state index contributed by atoms with van der Waals surface area (Å²) in [6, 6.07) is 7.98. The van der Waals surface area contributed by atoms with Gasteiger partial charge < -0.3 is 14.6 Å². The summed E-state index contributed by atoms with van der Waals surface area (Å²) >= 11 is 11.9. The molecule has 24 heavy (non-hydrogen) atoms. The van der Waals surface area contributed by atoms with Crippen LogP contribution in [0.25, 0.3) is 0 Å². The van der Waals surface area contributed by atoms with Gasteiger partial charge in [0.2, 0.25) is 0 Å². The first-order chi connectivity index (χ1) is 11.5. The molecule has 2 aromatic rings. The zero-order chi connectivity index (χ0) is 17.5. The summed E-state index contributed by atoms with van der Waals surface area (Å²) in [4.78, 5) is 24.2. The highest BCUT2D eigenvalue weighted by Crippen LogP contribution is 2.20. The summed E-state index contributed by atoms with van der Waals surface area (Å²) in [5.41, 5.74) is 0.809. The quantitative estimate of drug-likeness (QED) is 0.763. The molecule has 0 radical (unpaired) electrons. The normalized spacial score (nSPS) is 10.6. The van der Waals surface area contributed by atoms with Gasteiger partial charge in [0.25, 0.3) is 11.5 Å². The molecule has 0 aliphatic heterocycles. The number of hydrogen-bond acceptors (Lipinski definition) is 3. The minimum atomic E-state index is -0.338. The molecule has 0 bridgehead atoms. The maximum absolute atomic E-state index is 12.2. The Kier molecular flexibility index (Phi) is 6.85. The molecule has 1 amide bonds. The van der Waals surface area contributed by atoms with E-state index in [1.165, 1.54) is 10.6 Å². The molecule has 5 nitrogen and oxygen atoms in total. The number of ether oxygens (including phenoxy) is 1. The van der Waals surface area contributed by atoms with E-state index in [9.17, 15) is 9.59 Å². The zero-order valence-electron chi connectivity index (χ0n) is 13.2. The Balaban J connectivity index is 1.99. The van der Waals surface area contributed by atoms with Crippen LogP contribution in [0, 0.1) is 0 Å². The first kappa shape index (κ1) is 18.5. The number of nitrogens with one attached hydrogen (secondary N) is 1. The molecule has 0 atom stereocenters. The molecule has 0 saturated carbocycles. The van der Waals surface area contributed by atoms with Gasteiger partial charge in [0.15, 0.2) is 0 Å². The number of carbonyl (C=O) groups excluding carboxylic acids is 1. The molecule has 128 valence electrons. The number of nitrogens with zero attached hydrogens (tertiary/aromatic N) is 1. The Morgan fingerprint density at radius 1 is 1.25 bits per heavy atom. The van der Waals surface area contributed by atoms with E-state index in [1.807, 2.05) is 6.92 Å².